The van der Waals surface area contributed by atoms with Gasteiger partial charge in [0.1, 0.15) is 29.0 Å². The minimum Gasteiger partial charge on any atom is -0.490 e. The first-order chi connectivity index (χ1) is 17.0. The molecule has 8 heteroatoms. The van der Waals surface area contributed by atoms with Crippen molar-refractivity contribution in [1.82, 2.24) is 0 Å². The second-order valence-electron chi connectivity index (χ2n) is 7.57. The first-order valence-corrected chi connectivity index (χ1v) is 11.0. The van der Waals surface area contributed by atoms with Crippen LogP contribution < -0.4 is 24.7 Å². The molecule has 178 valence electrons. The maximum atomic E-state index is 14.0. The summed E-state index contributed by atoms with van der Waals surface area (Å²) < 4.78 is 36.4. The third kappa shape index (κ3) is 4.75. The van der Waals surface area contributed by atoms with E-state index < -0.39 is 17.7 Å². The van der Waals surface area contributed by atoms with Crippen molar-refractivity contribution in [2.75, 3.05) is 13.2 Å². The standard InChI is InChI=1S/C27H23FN2O5/c1-3-32-22-12-9-16(13-24(22)33-4-2)25-19-11-10-17(14-23(19)35-26(30)20(25)15-29)34-27(31)18-7-5-6-8-21(18)28/h5-14,25H,3-4,30H2,1-2H3. The Bertz CT molecular complexity index is 1350. The lowest BCUT2D eigenvalue weighted by Crippen LogP contribution is -2.21. The van der Waals surface area contributed by atoms with Crippen LogP contribution in [-0.2, 0) is 0 Å². The lowest BCUT2D eigenvalue weighted by molar-refractivity contribution is 0.0729. The predicted octanol–water partition coefficient (Wildman–Crippen LogP) is 5.06. The Morgan fingerprint density at radius 3 is 2.51 bits per heavy atom. The Labute approximate surface area is 202 Å². The molecule has 0 bridgehead atoms. The summed E-state index contributed by atoms with van der Waals surface area (Å²) in [4.78, 5) is 12.4. The van der Waals surface area contributed by atoms with Crippen LogP contribution in [0.4, 0.5) is 4.39 Å². The second-order valence-corrected chi connectivity index (χ2v) is 7.57. The number of hydrogen-bond acceptors (Lipinski definition) is 7. The fourth-order valence-corrected chi connectivity index (χ4v) is 3.88. The molecule has 0 saturated carbocycles. The quantitative estimate of drug-likeness (QED) is 0.377. The fraction of sp³-hybridized carbons (Fsp3) is 0.185. The van der Waals surface area contributed by atoms with Crippen molar-refractivity contribution in [2.24, 2.45) is 5.73 Å². The molecule has 1 aliphatic heterocycles. The molecule has 4 rings (SSSR count). The molecule has 35 heavy (non-hydrogen) atoms. The van der Waals surface area contributed by atoms with Crippen molar-refractivity contribution in [3.8, 4) is 29.1 Å². The van der Waals surface area contributed by atoms with Gasteiger partial charge in [0.2, 0.25) is 5.88 Å². The number of rotatable bonds is 7. The molecule has 1 heterocycles. The average Bonchev–Trinajstić information content (AvgIpc) is 2.84. The van der Waals surface area contributed by atoms with E-state index in [0.717, 1.165) is 5.56 Å². The molecule has 3 aromatic carbocycles. The summed E-state index contributed by atoms with van der Waals surface area (Å²) >= 11 is 0. The first kappa shape index (κ1) is 23.6. The lowest BCUT2D eigenvalue weighted by atomic mass is 9.83. The number of esters is 1. The normalized spacial score (nSPS) is 14.4. The number of carbonyl (C=O) groups excluding carboxylic acids is 1. The van der Waals surface area contributed by atoms with E-state index in [1.54, 1.807) is 24.3 Å². The zero-order valence-corrected chi connectivity index (χ0v) is 19.2. The monoisotopic (exact) mass is 474 g/mol. The summed E-state index contributed by atoms with van der Waals surface area (Å²) in [5.74, 6) is -0.530. The lowest BCUT2D eigenvalue weighted by Gasteiger charge is -2.27. The smallest absolute Gasteiger partial charge is 0.346 e. The Morgan fingerprint density at radius 2 is 1.80 bits per heavy atom. The third-order valence-electron chi connectivity index (χ3n) is 5.40. The van der Waals surface area contributed by atoms with E-state index in [1.807, 2.05) is 26.0 Å². The van der Waals surface area contributed by atoms with E-state index in [9.17, 15) is 14.4 Å². The van der Waals surface area contributed by atoms with Gasteiger partial charge >= 0.3 is 5.97 Å². The number of hydrogen-bond donors (Lipinski definition) is 1. The molecule has 0 fully saturated rings. The minimum atomic E-state index is -0.843. The van der Waals surface area contributed by atoms with Gasteiger partial charge in [0, 0.05) is 11.6 Å². The SMILES string of the molecule is CCOc1ccc(C2C(C#N)=C(N)Oc3cc(OC(=O)c4ccccc4F)ccc32)cc1OCC. The first-order valence-electron chi connectivity index (χ1n) is 11.0. The highest BCUT2D eigenvalue weighted by Crippen LogP contribution is 2.45. The number of fused-ring (bicyclic) bond motifs is 1. The highest BCUT2D eigenvalue weighted by Gasteiger charge is 2.32. The van der Waals surface area contributed by atoms with Gasteiger partial charge in [-0.3, -0.25) is 0 Å². The molecule has 7 nitrogen and oxygen atoms in total. The van der Waals surface area contributed by atoms with Gasteiger partial charge in [-0.05, 0) is 49.7 Å². The zero-order valence-electron chi connectivity index (χ0n) is 19.2. The van der Waals surface area contributed by atoms with Crippen LogP contribution in [0.15, 0.2) is 72.1 Å². The number of ether oxygens (including phenoxy) is 4. The van der Waals surface area contributed by atoms with Crippen molar-refractivity contribution in [3.63, 3.8) is 0 Å². The maximum absolute atomic E-state index is 14.0. The minimum absolute atomic E-state index is 0.0607. The zero-order chi connectivity index (χ0) is 24.9. The van der Waals surface area contributed by atoms with Gasteiger partial charge in [-0.1, -0.05) is 24.3 Å². The van der Waals surface area contributed by atoms with Crippen molar-refractivity contribution in [3.05, 3.63) is 94.6 Å². The fourth-order valence-electron chi connectivity index (χ4n) is 3.88. The molecule has 0 aromatic heterocycles. The summed E-state index contributed by atoms with van der Waals surface area (Å²) in [6.45, 7) is 4.67. The number of nitriles is 1. The molecule has 2 N–H and O–H groups in total. The van der Waals surface area contributed by atoms with Gasteiger partial charge in [-0.15, -0.1) is 0 Å². The highest BCUT2D eigenvalue weighted by molar-refractivity contribution is 5.91. The Hall–Kier alpha value is -4.51. The number of halogens is 1. The highest BCUT2D eigenvalue weighted by atomic mass is 19.1. The van der Waals surface area contributed by atoms with Crippen molar-refractivity contribution < 1.29 is 28.1 Å². The third-order valence-corrected chi connectivity index (χ3v) is 5.40. The average molecular weight is 474 g/mol. The molecule has 0 amide bonds. The van der Waals surface area contributed by atoms with Gasteiger partial charge < -0.3 is 24.7 Å². The van der Waals surface area contributed by atoms with Gasteiger partial charge in [0.25, 0.3) is 0 Å². The van der Waals surface area contributed by atoms with Crippen LogP contribution in [-0.4, -0.2) is 19.2 Å². The second kappa shape index (κ2) is 10.2. The van der Waals surface area contributed by atoms with Crippen LogP contribution in [0.25, 0.3) is 0 Å². The van der Waals surface area contributed by atoms with E-state index in [2.05, 4.69) is 6.07 Å². The molecular weight excluding hydrogens is 451 g/mol. The van der Waals surface area contributed by atoms with Crippen LogP contribution in [0.2, 0.25) is 0 Å². The number of nitrogens with two attached hydrogens (primary N) is 1. The van der Waals surface area contributed by atoms with E-state index in [4.69, 9.17) is 24.7 Å². The number of allylic oxidation sites excluding steroid dienone is 1. The summed E-state index contributed by atoms with van der Waals surface area (Å²) in [6.07, 6.45) is 0. The molecule has 0 radical (unpaired) electrons. The predicted molar refractivity (Wildman–Crippen MR) is 126 cm³/mol. The van der Waals surface area contributed by atoms with Gasteiger partial charge in [-0.2, -0.15) is 5.26 Å². The van der Waals surface area contributed by atoms with Crippen molar-refractivity contribution in [2.45, 2.75) is 19.8 Å². The van der Waals surface area contributed by atoms with E-state index >= 15 is 0 Å². The van der Waals surface area contributed by atoms with Gasteiger partial charge in [0.15, 0.2) is 11.5 Å². The Balaban J connectivity index is 1.72. The van der Waals surface area contributed by atoms with Crippen molar-refractivity contribution >= 4 is 5.97 Å². The summed E-state index contributed by atoms with van der Waals surface area (Å²) in [5.41, 5.74) is 7.53. The van der Waals surface area contributed by atoms with Crippen LogP contribution in [0, 0.1) is 17.1 Å². The maximum Gasteiger partial charge on any atom is 0.346 e. The molecule has 3 aromatic rings. The molecule has 1 aliphatic rings. The molecule has 0 aliphatic carbocycles. The Kier molecular flexibility index (Phi) is 6.88. The van der Waals surface area contributed by atoms with Crippen molar-refractivity contribution in [1.29, 1.82) is 5.26 Å². The summed E-state index contributed by atoms with van der Waals surface area (Å²) in [6, 6.07) is 17.8. The van der Waals surface area contributed by atoms with E-state index in [1.165, 1.54) is 24.3 Å². The van der Waals surface area contributed by atoms with Gasteiger partial charge in [0.05, 0.1) is 24.7 Å². The van der Waals surface area contributed by atoms with Gasteiger partial charge in [-0.25, -0.2) is 9.18 Å². The number of nitrogens with zero attached hydrogens (tertiary/aromatic N) is 1. The van der Waals surface area contributed by atoms with E-state index in [-0.39, 0.29) is 22.8 Å². The number of benzene rings is 3. The van der Waals surface area contributed by atoms with Crippen LogP contribution in [0.1, 0.15) is 41.3 Å². The molecule has 1 unspecified atom stereocenters. The molecule has 0 saturated heterocycles. The van der Waals surface area contributed by atoms with Crippen LogP contribution in [0.5, 0.6) is 23.0 Å². The Morgan fingerprint density at radius 1 is 1.06 bits per heavy atom. The molecular formula is C27H23FN2O5. The molecule has 0 spiro atoms. The number of carbonyl (C=O) groups is 1. The van der Waals surface area contributed by atoms with E-state index in [0.29, 0.717) is 36.0 Å². The van der Waals surface area contributed by atoms with Crippen LogP contribution >= 0.6 is 0 Å². The molecule has 1 atom stereocenters. The topological polar surface area (TPSA) is 104 Å². The van der Waals surface area contributed by atoms with Crippen LogP contribution in [0.3, 0.4) is 0 Å². The largest absolute Gasteiger partial charge is 0.490 e. The summed E-state index contributed by atoms with van der Waals surface area (Å²) in [7, 11) is 0. The summed E-state index contributed by atoms with van der Waals surface area (Å²) in [5, 5.41) is 9.83.